The number of rotatable bonds is 8. The number of aryl methyl sites for hydroxylation is 1. The highest BCUT2D eigenvalue weighted by atomic mass is 16.5. The molecule has 0 amide bonds. The Hall–Kier alpha value is -1.92. The lowest BCUT2D eigenvalue weighted by molar-refractivity contribution is 0.108. The Morgan fingerprint density at radius 1 is 1.33 bits per heavy atom. The molecular weight excluding hydrogens is 304 g/mol. The maximum absolute atomic E-state index is 5.91. The number of likely N-dealkylation sites (tertiary alicyclic amines) is 1. The minimum atomic E-state index is 0.283. The lowest BCUT2D eigenvalue weighted by atomic mass is 10.2. The van der Waals surface area contributed by atoms with Gasteiger partial charge in [-0.1, -0.05) is 0 Å². The first kappa shape index (κ1) is 16.9. The quantitative estimate of drug-likeness (QED) is 0.741. The Morgan fingerprint density at radius 2 is 2.25 bits per heavy atom. The molecule has 0 radical (unpaired) electrons. The van der Waals surface area contributed by atoms with Crippen molar-refractivity contribution in [2.45, 2.75) is 38.5 Å². The number of nitrogens with zero attached hydrogens (tertiary/aromatic N) is 4. The average molecular weight is 330 g/mol. The summed E-state index contributed by atoms with van der Waals surface area (Å²) in [4.78, 5) is 6.56. The molecular formula is C18H26N4O2. The highest BCUT2D eigenvalue weighted by Gasteiger charge is 2.32. The molecule has 0 saturated carbocycles. The second-order valence-electron chi connectivity index (χ2n) is 6.20. The van der Waals surface area contributed by atoms with Crippen LogP contribution in [0, 0.1) is 0 Å². The van der Waals surface area contributed by atoms with Gasteiger partial charge in [-0.2, -0.15) is 5.10 Å². The summed E-state index contributed by atoms with van der Waals surface area (Å²) in [6, 6.07) is 4.21. The molecule has 3 rings (SSSR count). The van der Waals surface area contributed by atoms with E-state index in [9.17, 15) is 0 Å². The highest BCUT2D eigenvalue weighted by molar-refractivity contribution is 5.15. The number of aromatic nitrogens is 3. The SMILES string of the molecule is CCn1cc(CCN2C[C@H](OC)C[C@H]2COc2cccnc2)cn1. The Morgan fingerprint density at radius 3 is 2.96 bits per heavy atom. The predicted octanol–water partition coefficient (Wildman–Crippen LogP) is 2.01. The van der Waals surface area contributed by atoms with Gasteiger partial charge in [-0.15, -0.1) is 0 Å². The van der Waals surface area contributed by atoms with Gasteiger partial charge in [0.15, 0.2) is 0 Å². The average Bonchev–Trinajstić information content (AvgIpc) is 3.25. The summed E-state index contributed by atoms with van der Waals surface area (Å²) in [6.45, 7) is 5.64. The monoisotopic (exact) mass is 330 g/mol. The Balaban J connectivity index is 1.54. The van der Waals surface area contributed by atoms with Gasteiger partial charge in [-0.25, -0.2) is 0 Å². The zero-order chi connectivity index (χ0) is 16.8. The van der Waals surface area contributed by atoms with Gasteiger partial charge in [0.1, 0.15) is 12.4 Å². The van der Waals surface area contributed by atoms with Crippen LogP contribution in [-0.2, 0) is 17.7 Å². The molecule has 2 aromatic rings. The van der Waals surface area contributed by atoms with E-state index >= 15 is 0 Å². The fourth-order valence-corrected chi connectivity index (χ4v) is 3.16. The van der Waals surface area contributed by atoms with Crippen LogP contribution >= 0.6 is 0 Å². The zero-order valence-corrected chi connectivity index (χ0v) is 14.5. The third kappa shape index (κ3) is 4.33. The van der Waals surface area contributed by atoms with Gasteiger partial charge in [0.2, 0.25) is 0 Å². The molecule has 0 spiro atoms. The Labute approximate surface area is 143 Å². The van der Waals surface area contributed by atoms with Crippen molar-refractivity contribution in [3.63, 3.8) is 0 Å². The van der Waals surface area contributed by atoms with Gasteiger partial charge >= 0.3 is 0 Å². The molecule has 130 valence electrons. The maximum atomic E-state index is 5.91. The van der Waals surface area contributed by atoms with E-state index in [1.54, 1.807) is 19.5 Å². The number of hydrogen-bond acceptors (Lipinski definition) is 5. The van der Waals surface area contributed by atoms with Gasteiger partial charge < -0.3 is 9.47 Å². The van der Waals surface area contributed by atoms with Crippen LogP contribution in [0.1, 0.15) is 18.9 Å². The van der Waals surface area contributed by atoms with Crippen LogP contribution in [0.3, 0.4) is 0 Å². The van der Waals surface area contributed by atoms with Crippen LogP contribution < -0.4 is 4.74 Å². The second-order valence-corrected chi connectivity index (χ2v) is 6.20. The van der Waals surface area contributed by atoms with Crippen LogP contribution in [0.15, 0.2) is 36.9 Å². The summed E-state index contributed by atoms with van der Waals surface area (Å²) in [5, 5.41) is 4.35. The van der Waals surface area contributed by atoms with Crippen molar-refractivity contribution in [2.75, 3.05) is 26.8 Å². The molecule has 2 atom stereocenters. The van der Waals surface area contributed by atoms with E-state index in [1.165, 1.54) is 5.56 Å². The molecule has 0 unspecified atom stereocenters. The molecule has 1 saturated heterocycles. The summed E-state index contributed by atoms with van der Waals surface area (Å²) in [7, 11) is 1.79. The van der Waals surface area contributed by atoms with E-state index < -0.39 is 0 Å². The summed E-state index contributed by atoms with van der Waals surface area (Å²) in [5.74, 6) is 0.822. The second kappa shape index (κ2) is 8.26. The predicted molar refractivity (Wildman–Crippen MR) is 92.1 cm³/mol. The van der Waals surface area contributed by atoms with E-state index in [-0.39, 0.29) is 6.10 Å². The number of hydrogen-bond donors (Lipinski definition) is 0. The minimum Gasteiger partial charge on any atom is -0.490 e. The van der Waals surface area contributed by atoms with Crippen LogP contribution in [0.25, 0.3) is 0 Å². The normalized spacial score (nSPS) is 21.2. The maximum Gasteiger partial charge on any atom is 0.137 e. The van der Waals surface area contributed by atoms with Crippen molar-refractivity contribution < 1.29 is 9.47 Å². The molecule has 1 aliphatic heterocycles. The molecule has 2 aromatic heterocycles. The van der Waals surface area contributed by atoms with Gasteiger partial charge in [0.25, 0.3) is 0 Å². The molecule has 0 N–H and O–H groups in total. The van der Waals surface area contributed by atoms with E-state index in [2.05, 4.69) is 28.1 Å². The zero-order valence-electron chi connectivity index (χ0n) is 14.5. The first-order chi connectivity index (χ1) is 11.8. The molecule has 3 heterocycles. The fraction of sp³-hybridized carbons (Fsp3) is 0.556. The lowest BCUT2D eigenvalue weighted by Gasteiger charge is -2.23. The van der Waals surface area contributed by atoms with Gasteiger partial charge in [0.05, 0.1) is 18.5 Å². The van der Waals surface area contributed by atoms with Crippen LogP contribution in [0.5, 0.6) is 5.75 Å². The van der Waals surface area contributed by atoms with E-state index in [4.69, 9.17) is 9.47 Å². The molecule has 0 aliphatic carbocycles. The molecule has 0 bridgehead atoms. The fourth-order valence-electron chi connectivity index (χ4n) is 3.16. The van der Waals surface area contributed by atoms with Crippen molar-refractivity contribution in [2.24, 2.45) is 0 Å². The summed E-state index contributed by atoms with van der Waals surface area (Å²) in [5.41, 5.74) is 1.28. The number of methoxy groups -OCH3 is 1. The van der Waals surface area contributed by atoms with Gasteiger partial charge in [-0.05, 0) is 37.5 Å². The summed E-state index contributed by atoms with van der Waals surface area (Å²) < 4.78 is 13.5. The summed E-state index contributed by atoms with van der Waals surface area (Å²) >= 11 is 0. The Kier molecular flexibility index (Phi) is 5.82. The van der Waals surface area contributed by atoms with Crippen LogP contribution in [0.4, 0.5) is 0 Å². The van der Waals surface area contributed by atoms with Crippen molar-refractivity contribution in [3.8, 4) is 5.75 Å². The molecule has 0 aromatic carbocycles. The highest BCUT2D eigenvalue weighted by Crippen LogP contribution is 2.21. The first-order valence-corrected chi connectivity index (χ1v) is 8.59. The van der Waals surface area contributed by atoms with E-state index in [0.29, 0.717) is 12.6 Å². The summed E-state index contributed by atoms with van der Waals surface area (Å²) in [6.07, 6.45) is 9.90. The smallest absolute Gasteiger partial charge is 0.137 e. The van der Waals surface area contributed by atoms with Crippen LogP contribution in [0.2, 0.25) is 0 Å². The molecule has 6 heteroatoms. The number of ether oxygens (including phenoxy) is 2. The molecule has 1 fully saturated rings. The van der Waals surface area contributed by atoms with Gasteiger partial charge in [-0.3, -0.25) is 14.6 Å². The third-order valence-corrected chi connectivity index (χ3v) is 4.60. The molecule has 24 heavy (non-hydrogen) atoms. The number of pyridine rings is 1. The van der Waals surface area contributed by atoms with Gasteiger partial charge in [0, 0.05) is 45.2 Å². The van der Waals surface area contributed by atoms with Crippen LogP contribution in [-0.4, -0.2) is 58.6 Å². The third-order valence-electron chi connectivity index (χ3n) is 4.60. The minimum absolute atomic E-state index is 0.283. The first-order valence-electron chi connectivity index (χ1n) is 8.59. The molecule has 1 aliphatic rings. The lowest BCUT2D eigenvalue weighted by Crippen LogP contribution is -2.35. The Bertz CT molecular complexity index is 616. The van der Waals surface area contributed by atoms with Crippen molar-refractivity contribution >= 4 is 0 Å². The van der Waals surface area contributed by atoms with Crippen molar-refractivity contribution in [1.82, 2.24) is 19.7 Å². The van der Waals surface area contributed by atoms with E-state index in [1.807, 2.05) is 23.0 Å². The largest absolute Gasteiger partial charge is 0.490 e. The topological polar surface area (TPSA) is 52.4 Å². The van der Waals surface area contributed by atoms with E-state index in [0.717, 1.165) is 38.2 Å². The van der Waals surface area contributed by atoms with Crippen molar-refractivity contribution in [3.05, 3.63) is 42.5 Å². The molecule has 6 nitrogen and oxygen atoms in total. The van der Waals surface area contributed by atoms with Crippen molar-refractivity contribution in [1.29, 1.82) is 0 Å². The standard InChI is InChI=1S/C18H26N4O2/c1-3-22-12-15(10-20-22)6-8-21-13-18(23-2)9-16(21)14-24-17-5-4-7-19-11-17/h4-5,7,10-12,16,18H,3,6,8-9,13-14H2,1-2H3/t16-,18+/m0/s1.